The van der Waals surface area contributed by atoms with Gasteiger partial charge in [-0.2, -0.15) is 0 Å². The molecule has 0 aliphatic carbocycles. The molecule has 0 saturated carbocycles. The van der Waals surface area contributed by atoms with E-state index in [0.29, 0.717) is 30.3 Å². The van der Waals surface area contributed by atoms with Crippen LogP contribution in [0.2, 0.25) is 5.02 Å². The van der Waals surface area contributed by atoms with E-state index in [-0.39, 0.29) is 24.2 Å². The minimum Gasteiger partial charge on any atom is -0.489 e. The fourth-order valence-corrected chi connectivity index (χ4v) is 5.56. The minimum absolute atomic E-state index is 0.0826. The molecule has 1 heterocycles. The van der Waals surface area contributed by atoms with Gasteiger partial charge in [0.2, 0.25) is 0 Å². The van der Waals surface area contributed by atoms with Crippen LogP contribution in [0.4, 0.5) is 5.69 Å². The third-order valence-corrected chi connectivity index (χ3v) is 7.34. The largest absolute Gasteiger partial charge is 0.489 e. The van der Waals surface area contributed by atoms with Crippen LogP contribution in [0.5, 0.6) is 5.75 Å². The number of aliphatic hydroxyl groups is 1. The van der Waals surface area contributed by atoms with Crippen molar-refractivity contribution in [3.05, 3.63) is 59.1 Å². The number of aliphatic hydroxyl groups excluding tert-OH is 1. The number of halogens is 1. The van der Waals surface area contributed by atoms with Crippen LogP contribution in [0, 0.1) is 0 Å². The van der Waals surface area contributed by atoms with Gasteiger partial charge in [-0.25, -0.2) is 8.42 Å². The predicted molar refractivity (Wildman–Crippen MR) is 121 cm³/mol. The third-order valence-electron chi connectivity index (χ3n) is 5.28. The van der Waals surface area contributed by atoms with Gasteiger partial charge < -0.3 is 14.7 Å². The van der Waals surface area contributed by atoms with E-state index in [1.54, 1.807) is 12.1 Å². The van der Waals surface area contributed by atoms with E-state index < -0.39 is 15.9 Å². The summed E-state index contributed by atoms with van der Waals surface area (Å²) < 4.78 is 29.7. The Morgan fingerprint density at radius 1 is 1.17 bits per heavy atom. The molecule has 2 aromatic carbocycles. The van der Waals surface area contributed by atoms with Crippen molar-refractivity contribution >= 4 is 27.1 Å². The summed E-state index contributed by atoms with van der Waals surface area (Å²) in [7, 11) is 0.946. The second-order valence-electron chi connectivity index (χ2n) is 7.94. The first-order valence-electron chi connectivity index (χ1n) is 9.99. The Labute approximate surface area is 183 Å². The van der Waals surface area contributed by atoms with Crippen LogP contribution < -0.4 is 9.64 Å². The lowest BCUT2D eigenvalue weighted by atomic mass is 10.1. The Morgan fingerprint density at radius 2 is 1.87 bits per heavy atom. The quantitative estimate of drug-likeness (QED) is 0.631. The number of hydrogen-bond acceptors (Lipinski definition) is 6. The molecule has 2 unspecified atom stereocenters. The maximum Gasteiger partial charge on any atom is 0.151 e. The molecule has 164 valence electrons. The average Bonchev–Trinajstić information content (AvgIpc) is 3.07. The Morgan fingerprint density at radius 3 is 2.47 bits per heavy atom. The van der Waals surface area contributed by atoms with Crippen molar-refractivity contribution in [1.82, 2.24) is 4.90 Å². The van der Waals surface area contributed by atoms with Crippen molar-refractivity contribution in [2.24, 2.45) is 0 Å². The zero-order chi connectivity index (χ0) is 21.7. The predicted octanol–water partition coefficient (Wildman–Crippen LogP) is 2.84. The van der Waals surface area contributed by atoms with Gasteiger partial charge in [0.05, 0.1) is 16.5 Å². The molecule has 3 rings (SSSR count). The maximum atomic E-state index is 12.0. The van der Waals surface area contributed by atoms with Gasteiger partial charge in [0.25, 0.3) is 0 Å². The number of para-hydroxylation sites is 1. The molecule has 0 spiro atoms. The van der Waals surface area contributed by atoms with E-state index in [0.717, 1.165) is 11.3 Å². The normalized spacial score (nSPS) is 19.0. The number of nitrogens with zero attached hydrogens (tertiary/aromatic N) is 2. The molecule has 0 amide bonds. The summed E-state index contributed by atoms with van der Waals surface area (Å²) in [5.41, 5.74) is 2.17. The molecule has 2 aromatic rings. The van der Waals surface area contributed by atoms with Crippen LogP contribution in [0.15, 0.2) is 48.5 Å². The van der Waals surface area contributed by atoms with Gasteiger partial charge in [-0.3, -0.25) is 4.90 Å². The SMILES string of the molecule is CN(C)c1ccc(CN(CC(O)COc2ccccc2Cl)C2CCS(=O)(=O)C2)cc1. The smallest absolute Gasteiger partial charge is 0.151 e. The second kappa shape index (κ2) is 10.0. The highest BCUT2D eigenvalue weighted by molar-refractivity contribution is 7.91. The summed E-state index contributed by atoms with van der Waals surface area (Å²) in [5, 5.41) is 11.1. The average molecular weight is 453 g/mol. The molecule has 2 atom stereocenters. The minimum atomic E-state index is -3.03. The van der Waals surface area contributed by atoms with Crippen LogP contribution in [0.3, 0.4) is 0 Å². The van der Waals surface area contributed by atoms with Gasteiger partial charge in [0.1, 0.15) is 18.5 Å². The number of ether oxygens (including phenoxy) is 1. The van der Waals surface area contributed by atoms with Gasteiger partial charge in [-0.15, -0.1) is 0 Å². The standard InChI is InChI=1S/C22H29ClN2O4S/c1-24(2)18-9-7-17(8-10-18)13-25(19-11-12-30(27,28)16-19)14-20(26)15-29-22-6-4-3-5-21(22)23/h3-10,19-20,26H,11-16H2,1-2H3. The van der Waals surface area contributed by atoms with Crippen LogP contribution in [0.25, 0.3) is 0 Å². The summed E-state index contributed by atoms with van der Waals surface area (Å²) in [6.45, 7) is 0.969. The van der Waals surface area contributed by atoms with Gasteiger partial charge >= 0.3 is 0 Å². The van der Waals surface area contributed by atoms with Crippen molar-refractivity contribution in [2.45, 2.75) is 25.1 Å². The second-order valence-corrected chi connectivity index (χ2v) is 10.6. The molecule has 0 bridgehead atoms. The van der Waals surface area contributed by atoms with Crippen molar-refractivity contribution < 1.29 is 18.3 Å². The van der Waals surface area contributed by atoms with E-state index >= 15 is 0 Å². The summed E-state index contributed by atoms with van der Waals surface area (Å²) >= 11 is 6.10. The van der Waals surface area contributed by atoms with Gasteiger partial charge in [0.15, 0.2) is 9.84 Å². The zero-order valence-corrected chi connectivity index (χ0v) is 18.9. The first-order valence-corrected chi connectivity index (χ1v) is 12.2. The zero-order valence-electron chi connectivity index (χ0n) is 17.4. The van der Waals surface area contributed by atoms with Crippen molar-refractivity contribution in [2.75, 3.05) is 43.7 Å². The van der Waals surface area contributed by atoms with Gasteiger partial charge in [-0.05, 0) is 36.2 Å². The van der Waals surface area contributed by atoms with Crippen molar-refractivity contribution in [3.63, 3.8) is 0 Å². The van der Waals surface area contributed by atoms with Crippen LogP contribution in [0.1, 0.15) is 12.0 Å². The van der Waals surface area contributed by atoms with Crippen molar-refractivity contribution in [3.8, 4) is 5.75 Å². The number of benzene rings is 2. The molecular formula is C22H29ClN2O4S. The molecule has 1 aliphatic heterocycles. The Bertz CT molecular complexity index is 934. The van der Waals surface area contributed by atoms with E-state index in [4.69, 9.17) is 16.3 Å². The number of hydrogen-bond donors (Lipinski definition) is 1. The van der Waals surface area contributed by atoms with Crippen molar-refractivity contribution in [1.29, 1.82) is 0 Å². The molecule has 6 nitrogen and oxygen atoms in total. The molecule has 1 saturated heterocycles. The molecule has 1 fully saturated rings. The van der Waals surface area contributed by atoms with Gasteiger partial charge in [-0.1, -0.05) is 35.9 Å². The number of anilines is 1. The molecule has 30 heavy (non-hydrogen) atoms. The molecule has 0 radical (unpaired) electrons. The number of rotatable bonds is 9. The Balaban J connectivity index is 1.67. The summed E-state index contributed by atoms with van der Waals surface area (Å²) in [4.78, 5) is 4.08. The highest BCUT2D eigenvalue weighted by atomic mass is 35.5. The summed E-state index contributed by atoms with van der Waals surface area (Å²) in [5.74, 6) is 0.841. The first kappa shape index (κ1) is 22.9. The summed E-state index contributed by atoms with van der Waals surface area (Å²) in [6, 6.07) is 15.2. The molecule has 0 aromatic heterocycles. The third kappa shape index (κ3) is 6.35. The molecule has 8 heteroatoms. The number of sulfone groups is 1. The van der Waals surface area contributed by atoms with E-state index in [1.807, 2.05) is 55.4 Å². The highest BCUT2D eigenvalue weighted by Crippen LogP contribution is 2.24. The summed E-state index contributed by atoms with van der Waals surface area (Å²) in [6.07, 6.45) is -0.193. The van der Waals surface area contributed by atoms with Crippen LogP contribution in [-0.2, 0) is 16.4 Å². The van der Waals surface area contributed by atoms with Crippen LogP contribution >= 0.6 is 11.6 Å². The fraction of sp³-hybridized carbons (Fsp3) is 0.455. The lowest BCUT2D eigenvalue weighted by Crippen LogP contribution is -2.42. The lowest BCUT2D eigenvalue weighted by molar-refractivity contribution is 0.0525. The lowest BCUT2D eigenvalue weighted by Gasteiger charge is -2.30. The molecular weight excluding hydrogens is 424 g/mol. The highest BCUT2D eigenvalue weighted by Gasteiger charge is 2.33. The molecule has 1 N–H and O–H groups in total. The fourth-order valence-electron chi connectivity index (χ4n) is 3.61. The van der Waals surface area contributed by atoms with Crippen LogP contribution in [-0.4, -0.2) is 69.3 Å². The van der Waals surface area contributed by atoms with E-state index in [1.165, 1.54) is 0 Å². The Kier molecular flexibility index (Phi) is 7.63. The van der Waals surface area contributed by atoms with E-state index in [2.05, 4.69) is 4.90 Å². The Hall–Kier alpha value is -1.80. The first-order chi connectivity index (χ1) is 14.2. The maximum absolute atomic E-state index is 12.0. The topological polar surface area (TPSA) is 70.1 Å². The van der Waals surface area contributed by atoms with E-state index in [9.17, 15) is 13.5 Å². The molecule has 1 aliphatic rings. The van der Waals surface area contributed by atoms with Gasteiger partial charge in [0, 0.05) is 38.9 Å². The monoisotopic (exact) mass is 452 g/mol.